The molecule has 2 rings (SSSR count). The summed E-state index contributed by atoms with van der Waals surface area (Å²) in [5.74, 6) is -0.586. The lowest BCUT2D eigenvalue weighted by molar-refractivity contribution is -0.149. The second kappa shape index (κ2) is 8.70. The lowest BCUT2D eigenvalue weighted by Gasteiger charge is -2.07. The van der Waals surface area contributed by atoms with E-state index in [1.54, 1.807) is 23.6 Å². The Morgan fingerprint density at radius 1 is 1.21 bits per heavy atom. The van der Waals surface area contributed by atoms with Crippen LogP contribution in [0.3, 0.4) is 0 Å². The van der Waals surface area contributed by atoms with Gasteiger partial charge in [-0.15, -0.1) is 11.3 Å². The largest absolute Gasteiger partial charge is 0.482 e. The highest BCUT2D eigenvalue weighted by Crippen LogP contribution is 2.21. The molecule has 0 fully saturated rings. The molecule has 0 aliphatic carbocycles. The Kier molecular flexibility index (Phi) is 6.34. The first kappa shape index (κ1) is 17.5. The molecule has 1 aromatic heterocycles. The predicted octanol–water partition coefficient (Wildman–Crippen LogP) is 2.74. The smallest absolute Gasteiger partial charge is 0.344 e. The molecule has 124 valence electrons. The SMILES string of the molecule is CCc1ccc(OCC(=O)OCC(=O)Nc2sccc2C#N)cc1. The topological polar surface area (TPSA) is 88.4 Å². The van der Waals surface area contributed by atoms with Crippen molar-refractivity contribution in [2.45, 2.75) is 13.3 Å². The summed E-state index contributed by atoms with van der Waals surface area (Å²) in [5.41, 5.74) is 1.55. The van der Waals surface area contributed by atoms with Crippen LogP contribution in [0.15, 0.2) is 35.7 Å². The van der Waals surface area contributed by atoms with Gasteiger partial charge in [0.2, 0.25) is 0 Å². The molecular formula is C17H16N2O4S. The van der Waals surface area contributed by atoms with Crippen molar-refractivity contribution in [1.29, 1.82) is 5.26 Å². The van der Waals surface area contributed by atoms with Gasteiger partial charge in [0, 0.05) is 0 Å². The van der Waals surface area contributed by atoms with E-state index in [-0.39, 0.29) is 6.61 Å². The van der Waals surface area contributed by atoms with Gasteiger partial charge in [-0.05, 0) is 35.6 Å². The van der Waals surface area contributed by atoms with Crippen LogP contribution >= 0.6 is 11.3 Å². The summed E-state index contributed by atoms with van der Waals surface area (Å²) in [4.78, 5) is 23.3. The lowest BCUT2D eigenvalue weighted by atomic mass is 10.2. The number of benzene rings is 1. The van der Waals surface area contributed by atoms with Gasteiger partial charge in [0.1, 0.15) is 16.8 Å². The van der Waals surface area contributed by atoms with Crippen LogP contribution in [0, 0.1) is 11.3 Å². The van der Waals surface area contributed by atoms with Crippen LogP contribution in [0.4, 0.5) is 5.00 Å². The van der Waals surface area contributed by atoms with Crippen molar-refractivity contribution < 1.29 is 19.1 Å². The van der Waals surface area contributed by atoms with Crippen molar-refractivity contribution in [1.82, 2.24) is 0 Å². The summed E-state index contributed by atoms with van der Waals surface area (Å²) in [7, 11) is 0. The number of nitrogens with zero attached hydrogens (tertiary/aromatic N) is 1. The number of nitriles is 1. The van der Waals surface area contributed by atoms with E-state index in [4.69, 9.17) is 14.7 Å². The Labute approximate surface area is 143 Å². The van der Waals surface area contributed by atoms with Gasteiger partial charge in [-0.3, -0.25) is 4.79 Å². The van der Waals surface area contributed by atoms with Crippen LogP contribution in [0.25, 0.3) is 0 Å². The fraction of sp³-hybridized carbons (Fsp3) is 0.235. The molecule has 6 nitrogen and oxygen atoms in total. The maximum absolute atomic E-state index is 11.7. The van der Waals surface area contributed by atoms with Crippen LogP contribution in [-0.2, 0) is 20.7 Å². The molecule has 1 amide bonds. The van der Waals surface area contributed by atoms with Gasteiger partial charge in [-0.2, -0.15) is 5.26 Å². The minimum Gasteiger partial charge on any atom is -0.482 e. The van der Waals surface area contributed by atoms with E-state index in [9.17, 15) is 9.59 Å². The Bertz CT molecular complexity index is 747. The number of ether oxygens (including phenoxy) is 2. The van der Waals surface area contributed by atoms with Crippen molar-refractivity contribution in [2.24, 2.45) is 0 Å². The third-order valence-electron chi connectivity index (χ3n) is 3.09. The Morgan fingerprint density at radius 3 is 2.62 bits per heavy atom. The summed E-state index contributed by atoms with van der Waals surface area (Å²) in [6, 6.07) is 11.0. The molecule has 0 spiro atoms. The van der Waals surface area contributed by atoms with E-state index in [1.165, 1.54) is 16.9 Å². The molecule has 0 unspecified atom stereocenters. The zero-order valence-corrected chi connectivity index (χ0v) is 13.9. The second-order valence-electron chi connectivity index (χ2n) is 4.77. The summed E-state index contributed by atoms with van der Waals surface area (Å²) in [6.07, 6.45) is 0.926. The zero-order chi connectivity index (χ0) is 17.4. The molecule has 1 aromatic carbocycles. The van der Waals surface area contributed by atoms with E-state index in [0.717, 1.165) is 6.42 Å². The third-order valence-corrected chi connectivity index (χ3v) is 3.92. The first-order valence-electron chi connectivity index (χ1n) is 7.27. The maximum atomic E-state index is 11.7. The van der Waals surface area contributed by atoms with Crippen molar-refractivity contribution in [3.8, 4) is 11.8 Å². The van der Waals surface area contributed by atoms with Gasteiger partial charge in [0.15, 0.2) is 13.2 Å². The van der Waals surface area contributed by atoms with Crippen LogP contribution in [-0.4, -0.2) is 25.1 Å². The van der Waals surface area contributed by atoms with Gasteiger partial charge in [0.25, 0.3) is 5.91 Å². The molecule has 2 aromatic rings. The zero-order valence-electron chi connectivity index (χ0n) is 13.1. The number of carbonyl (C=O) groups excluding carboxylic acids is 2. The average molecular weight is 344 g/mol. The molecule has 7 heteroatoms. The Balaban J connectivity index is 1.72. The quantitative estimate of drug-likeness (QED) is 0.780. The van der Waals surface area contributed by atoms with Crippen LogP contribution < -0.4 is 10.1 Å². The summed E-state index contributed by atoms with van der Waals surface area (Å²) in [6.45, 7) is 1.34. The number of hydrogen-bond acceptors (Lipinski definition) is 6. The van der Waals surface area contributed by atoms with E-state index < -0.39 is 18.5 Å². The highest BCUT2D eigenvalue weighted by Gasteiger charge is 2.11. The number of amides is 1. The maximum Gasteiger partial charge on any atom is 0.344 e. The van der Waals surface area contributed by atoms with Crippen molar-refractivity contribution >= 4 is 28.2 Å². The highest BCUT2D eigenvalue weighted by molar-refractivity contribution is 7.14. The molecule has 0 radical (unpaired) electrons. The standard InChI is InChI=1S/C17H16N2O4S/c1-2-12-3-5-14(6-4-12)22-11-16(21)23-10-15(20)19-17-13(9-18)7-8-24-17/h3-8H,2,10-11H2,1H3,(H,19,20). The summed E-state index contributed by atoms with van der Waals surface area (Å²) < 4.78 is 10.1. The molecule has 24 heavy (non-hydrogen) atoms. The lowest BCUT2D eigenvalue weighted by Crippen LogP contribution is -2.23. The average Bonchev–Trinajstić information content (AvgIpc) is 3.05. The fourth-order valence-electron chi connectivity index (χ4n) is 1.81. The first-order chi connectivity index (χ1) is 11.6. The van der Waals surface area contributed by atoms with Gasteiger partial charge in [-0.1, -0.05) is 19.1 Å². The van der Waals surface area contributed by atoms with Crippen molar-refractivity contribution in [3.63, 3.8) is 0 Å². The predicted molar refractivity (Wildman–Crippen MR) is 89.9 cm³/mol. The van der Waals surface area contributed by atoms with Crippen LogP contribution in [0.1, 0.15) is 18.1 Å². The summed E-state index contributed by atoms with van der Waals surface area (Å²) >= 11 is 1.23. The molecule has 0 aliphatic rings. The van der Waals surface area contributed by atoms with Gasteiger partial charge < -0.3 is 14.8 Å². The Morgan fingerprint density at radius 2 is 1.96 bits per heavy atom. The molecule has 0 saturated carbocycles. The van der Waals surface area contributed by atoms with E-state index in [0.29, 0.717) is 16.3 Å². The minimum atomic E-state index is -0.642. The van der Waals surface area contributed by atoms with Crippen LogP contribution in [0.2, 0.25) is 0 Å². The molecule has 0 aliphatic heterocycles. The molecule has 1 N–H and O–H groups in total. The minimum absolute atomic E-state index is 0.277. The number of hydrogen-bond donors (Lipinski definition) is 1. The summed E-state index contributed by atoms with van der Waals surface area (Å²) in [5, 5.41) is 13.5. The molecular weight excluding hydrogens is 328 g/mol. The first-order valence-corrected chi connectivity index (χ1v) is 8.15. The Hall–Kier alpha value is -2.85. The number of rotatable bonds is 7. The van der Waals surface area contributed by atoms with Gasteiger partial charge in [-0.25, -0.2) is 4.79 Å². The van der Waals surface area contributed by atoms with Gasteiger partial charge >= 0.3 is 5.97 Å². The molecule has 0 atom stereocenters. The van der Waals surface area contributed by atoms with Crippen LogP contribution in [0.5, 0.6) is 5.75 Å². The number of anilines is 1. The molecule has 0 saturated heterocycles. The monoisotopic (exact) mass is 344 g/mol. The normalized spacial score (nSPS) is 9.83. The fourth-order valence-corrected chi connectivity index (χ4v) is 2.56. The van der Waals surface area contributed by atoms with E-state index in [2.05, 4.69) is 5.32 Å². The molecule has 1 heterocycles. The molecule has 0 bridgehead atoms. The number of nitrogens with one attached hydrogen (secondary N) is 1. The van der Waals surface area contributed by atoms with E-state index >= 15 is 0 Å². The van der Waals surface area contributed by atoms with E-state index in [1.807, 2.05) is 25.1 Å². The van der Waals surface area contributed by atoms with Crippen molar-refractivity contribution in [2.75, 3.05) is 18.5 Å². The number of aryl methyl sites for hydroxylation is 1. The third kappa shape index (κ3) is 5.11. The number of thiophene rings is 1. The van der Waals surface area contributed by atoms with Gasteiger partial charge in [0.05, 0.1) is 5.56 Å². The second-order valence-corrected chi connectivity index (χ2v) is 5.69. The highest BCUT2D eigenvalue weighted by atomic mass is 32.1. The number of carbonyl (C=O) groups is 2. The number of esters is 1. The van der Waals surface area contributed by atoms with Crippen molar-refractivity contribution in [3.05, 3.63) is 46.8 Å².